The third-order valence-electron chi connectivity index (χ3n) is 3.61. The van der Waals surface area contributed by atoms with Crippen molar-refractivity contribution in [1.29, 1.82) is 0 Å². The van der Waals surface area contributed by atoms with Gasteiger partial charge in [-0.25, -0.2) is 0 Å². The van der Waals surface area contributed by atoms with Gasteiger partial charge >= 0.3 is 227 Å². The molecule has 0 atom stereocenters. The van der Waals surface area contributed by atoms with Crippen LogP contribution in [-0.4, -0.2) is 134 Å². The Hall–Kier alpha value is 5.80. The third-order valence-corrected chi connectivity index (χ3v) is 8.35. The molecule has 0 saturated heterocycles. The minimum absolute atomic E-state index is 1.12. The van der Waals surface area contributed by atoms with E-state index < -0.39 is 134 Å². The fraction of sp³-hybridized carbons (Fsp3) is 0. The predicted molar refractivity (Wildman–Crippen MR) is 177 cm³/mol. The topological polar surface area (TPSA) is 277 Å². The Labute approximate surface area is 366 Å². The molecular weight excluding hydrogens is 1620 g/mol. The van der Waals surface area contributed by atoms with Crippen LogP contribution in [0.15, 0.2) is 86.2 Å². The SMILES string of the molecule is Brc1cc[c]([Al]([c]2ccc(Br)cc2)[c]2ccc(Br)cc2)cc1.[O-][Sb]([O-])[Cl].[O-][Sb]([O-])[Cl].[O-][Sb]([O-])[Cl].[O-][Sb]([O-])[Cl].[O-][Sb]([O-])[Cl].[O-][Sb]([O-])[Cl]. The summed E-state index contributed by atoms with van der Waals surface area (Å²) in [6, 6.07) is 26.2. The number of hydrogen-bond donors (Lipinski definition) is 0. The predicted octanol–water partition coefficient (Wildman–Crippen LogP) is -7.93. The number of hydrogen-bond acceptors (Lipinski definition) is 12. The van der Waals surface area contributed by atoms with Crippen LogP contribution >= 0.6 is 101 Å². The van der Waals surface area contributed by atoms with Crippen molar-refractivity contribution in [3.8, 4) is 0 Å². The van der Waals surface area contributed by atoms with E-state index in [1.54, 1.807) is 0 Å². The Morgan fingerprint density at radius 2 is 0.435 bits per heavy atom. The van der Waals surface area contributed by atoms with E-state index in [2.05, 4.69) is 174 Å². The first kappa shape index (κ1) is 58.5. The first-order chi connectivity index (χ1) is 21.0. The van der Waals surface area contributed by atoms with Gasteiger partial charge in [0.25, 0.3) is 0 Å². The molecule has 0 N–H and O–H groups in total. The van der Waals surface area contributed by atoms with E-state index in [0.717, 1.165) is 13.4 Å². The zero-order chi connectivity index (χ0) is 37.0. The molecule has 0 unspecified atom stereocenters. The van der Waals surface area contributed by atoms with Gasteiger partial charge < -0.3 is 0 Å². The second-order valence-corrected chi connectivity index (χ2v) is 30.4. The maximum atomic E-state index is 8.92. The number of benzene rings is 3. The van der Waals surface area contributed by atoms with Crippen LogP contribution in [0, 0.1) is 0 Å². The van der Waals surface area contributed by atoms with Gasteiger partial charge in [-0.3, -0.25) is 0 Å². The van der Waals surface area contributed by atoms with Crippen LogP contribution in [0.3, 0.4) is 0 Å². The molecule has 3 aromatic rings. The Balaban J connectivity index is -0.000000300. The van der Waals surface area contributed by atoms with Gasteiger partial charge in [-0.15, -0.1) is 0 Å². The van der Waals surface area contributed by atoms with Gasteiger partial charge in [0.1, 0.15) is 0 Å². The molecule has 3 aromatic carbocycles. The average Bonchev–Trinajstić information content (AvgIpc) is 2.86. The molecule has 28 heteroatoms. The molecule has 0 amide bonds. The summed E-state index contributed by atoms with van der Waals surface area (Å²) in [7, 11) is 26.1. The third kappa shape index (κ3) is 51.9. The summed E-state index contributed by atoms with van der Waals surface area (Å²) < 4.78 is 115. The van der Waals surface area contributed by atoms with Crippen LogP contribution in [0.4, 0.5) is 0 Å². The van der Waals surface area contributed by atoms with Gasteiger partial charge in [0.15, 0.2) is 0 Å². The van der Waals surface area contributed by atoms with Crippen LogP contribution < -0.4 is 53.9 Å². The summed E-state index contributed by atoms with van der Waals surface area (Å²) in [5, 5.41) is 0. The molecule has 264 valence electrons. The van der Waals surface area contributed by atoms with Gasteiger partial charge in [0.2, 0.25) is 0 Å². The Morgan fingerprint density at radius 1 is 0.326 bits per heavy atom. The summed E-state index contributed by atoms with van der Waals surface area (Å²) in [5.74, 6) is 0. The summed E-state index contributed by atoms with van der Waals surface area (Å²) in [6.07, 6.45) is 0. The first-order valence-electron chi connectivity index (χ1n) is 10.1. The minimum atomic E-state index is -3.48. The van der Waals surface area contributed by atoms with E-state index >= 15 is 0 Å². The monoisotopic (exact) mass is 1620 g/mol. The van der Waals surface area contributed by atoms with Gasteiger partial charge in [0.05, 0.1) is 0 Å². The molecule has 0 aliphatic rings. The summed E-state index contributed by atoms with van der Waals surface area (Å²) >= 11 is -11.7. The van der Waals surface area contributed by atoms with E-state index in [1.807, 2.05) is 0 Å². The van der Waals surface area contributed by atoms with Crippen LogP contribution in [0.25, 0.3) is 0 Å². The van der Waals surface area contributed by atoms with Gasteiger partial charge in [0, 0.05) is 13.4 Å². The fourth-order valence-corrected chi connectivity index (χ4v) is 6.22. The molecular formula is C18H12AlBr3Cl6O12Sb6-12. The van der Waals surface area contributed by atoms with Crippen LogP contribution in [0.2, 0.25) is 0 Å². The second kappa shape index (κ2) is 39.1. The van der Waals surface area contributed by atoms with Crippen LogP contribution in [0.1, 0.15) is 0 Å². The van der Waals surface area contributed by atoms with Crippen LogP contribution in [0.5, 0.6) is 0 Å². The van der Waals surface area contributed by atoms with Crippen LogP contribution in [-0.2, 0) is 0 Å². The number of rotatable bonds is 3. The molecule has 3 rings (SSSR count). The van der Waals surface area contributed by atoms with Gasteiger partial charge in [-0.2, -0.15) is 0 Å². The van der Waals surface area contributed by atoms with Crippen molar-refractivity contribution in [2.24, 2.45) is 0 Å². The molecule has 0 aromatic heterocycles. The molecule has 12 nitrogen and oxygen atoms in total. The molecule has 0 bridgehead atoms. The van der Waals surface area contributed by atoms with E-state index in [9.17, 15) is 0 Å². The van der Waals surface area contributed by atoms with E-state index in [0.29, 0.717) is 0 Å². The van der Waals surface area contributed by atoms with Crippen molar-refractivity contribution < 1.29 is 40.6 Å². The van der Waals surface area contributed by atoms with Crippen molar-refractivity contribution >= 4 is 248 Å². The van der Waals surface area contributed by atoms with Gasteiger partial charge in [-0.05, 0) is 36.4 Å². The second-order valence-electron chi connectivity index (χ2n) is 6.36. The average molecular weight is 1630 g/mol. The fourth-order valence-electron chi connectivity index (χ4n) is 2.54. The molecule has 0 spiro atoms. The molecule has 46 heavy (non-hydrogen) atoms. The van der Waals surface area contributed by atoms with Crippen molar-refractivity contribution in [3.63, 3.8) is 0 Å². The maximum absolute atomic E-state index is 8.92. The Morgan fingerprint density at radius 3 is 0.543 bits per heavy atom. The normalized spacial score (nSPS) is 9.72. The Bertz CT molecular complexity index is 926. The van der Waals surface area contributed by atoms with Crippen molar-refractivity contribution in [2.75, 3.05) is 0 Å². The Kier molecular flexibility index (Phi) is 49.7. The standard InChI is InChI=1S/3C6H4Br.Al.6ClH.12O.6Sb/c3*7-6-4-2-1-3-5-6;;;;;;;;;;;;;;;;;;;;;;;;;/h3*2-5H;;6*1H;;;;;;;;;;;;;;;;;;/q;;;;;;;;;;12*-1;6*+1/p-6. The van der Waals surface area contributed by atoms with Crippen molar-refractivity contribution in [2.45, 2.75) is 0 Å². The first-order valence-corrected chi connectivity index (χ1v) is 46.1. The van der Waals surface area contributed by atoms with E-state index in [1.165, 1.54) is 13.3 Å². The molecule has 0 radical (unpaired) electrons. The quantitative estimate of drug-likeness (QED) is 0.221. The summed E-state index contributed by atoms with van der Waals surface area (Å²) in [4.78, 5) is 0. The van der Waals surface area contributed by atoms with Gasteiger partial charge in [-0.1, -0.05) is 97.5 Å². The van der Waals surface area contributed by atoms with Crippen molar-refractivity contribution in [3.05, 3.63) is 86.2 Å². The summed E-state index contributed by atoms with van der Waals surface area (Å²) in [5.41, 5.74) is 0. The number of halogens is 9. The molecule has 0 saturated carbocycles. The molecule has 0 aliphatic carbocycles. The van der Waals surface area contributed by atoms with Crippen molar-refractivity contribution in [1.82, 2.24) is 0 Å². The molecule has 0 fully saturated rings. The zero-order valence-electron chi connectivity index (χ0n) is 21.5. The van der Waals surface area contributed by atoms with E-state index in [4.69, 9.17) is 40.6 Å². The molecule has 0 heterocycles. The molecule has 0 aliphatic heterocycles. The zero-order valence-corrected chi connectivity index (χ0v) is 47.3. The summed E-state index contributed by atoms with van der Waals surface area (Å²) in [6.45, 7) is 0. The van der Waals surface area contributed by atoms with E-state index in [-0.39, 0.29) is 0 Å².